The zero-order valence-electron chi connectivity index (χ0n) is 10.3. The summed E-state index contributed by atoms with van der Waals surface area (Å²) in [5.74, 6) is -0.305. The van der Waals surface area contributed by atoms with Crippen LogP contribution in [0.4, 0.5) is 13.2 Å². The Balaban J connectivity index is 2.15. The highest BCUT2D eigenvalue weighted by Crippen LogP contribution is 2.38. The van der Waals surface area contributed by atoms with Crippen LogP contribution >= 0.6 is 0 Å². The Kier molecular flexibility index (Phi) is 3.30. The number of carbonyl (C=O) groups excluding carboxylic acids is 1. The second-order valence-electron chi connectivity index (χ2n) is 4.90. The second-order valence-corrected chi connectivity index (χ2v) is 4.90. The number of amides is 1. The predicted molar refractivity (Wildman–Crippen MR) is 62.6 cm³/mol. The zero-order valence-corrected chi connectivity index (χ0v) is 10.3. The van der Waals surface area contributed by atoms with Crippen LogP contribution in [0.1, 0.15) is 35.7 Å². The summed E-state index contributed by atoms with van der Waals surface area (Å²) >= 11 is 0. The Bertz CT molecular complexity index is 476. The minimum Gasteiger partial charge on any atom is -0.376 e. The van der Waals surface area contributed by atoms with Crippen molar-refractivity contribution in [3.8, 4) is 0 Å². The SMILES string of the molecule is C[C@](O)(c1ccc(C(=O)NC2CC2)cc1)C(F)(F)F. The fraction of sp³-hybridized carbons (Fsp3) is 0.462. The van der Waals surface area contributed by atoms with E-state index in [1.54, 1.807) is 0 Å². The van der Waals surface area contributed by atoms with E-state index < -0.39 is 11.8 Å². The number of alkyl halides is 3. The third-order valence-electron chi connectivity index (χ3n) is 3.17. The van der Waals surface area contributed by atoms with Crippen molar-refractivity contribution in [2.75, 3.05) is 0 Å². The monoisotopic (exact) mass is 273 g/mol. The number of hydrogen-bond acceptors (Lipinski definition) is 2. The van der Waals surface area contributed by atoms with Gasteiger partial charge in [-0.15, -0.1) is 0 Å². The average Bonchev–Trinajstić information content (AvgIpc) is 3.11. The molecule has 1 aromatic carbocycles. The van der Waals surface area contributed by atoms with Crippen molar-refractivity contribution in [2.24, 2.45) is 0 Å². The predicted octanol–water partition coefficient (Wildman–Crippen LogP) is 2.35. The van der Waals surface area contributed by atoms with Gasteiger partial charge in [0.1, 0.15) is 0 Å². The van der Waals surface area contributed by atoms with Gasteiger partial charge in [-0.05, 0) is 37.5 Å². The molecule has 104 valence electrons. The summed E-state index contributed by atoms with van der Waals surface area (Å²) in [6.07, 6.45) is -2.88. The van der Waals surface area contributed by atoms with Crippen LogP contribution < -0.4 is 5.32 Å². The molecule has 1 aliphatic carbocycles. The highest BCUT2D eigenvalue weighted by Gasteiger charge is 2.51. The molecule has 0 saturated heterocycles. The molecule has 0 aromatic heterocycles. The summed E-state index contributed by atoms with van der Waals surface area (Å²) in [6, 6.07) is 5.00. The molecule has 1 saturated carbocycles. The molecule has 3 nitrogen and oxygen atoms in total. The fourth-order valence-corrected chi connectivity index (χ4v) is 1.61. The lowest BCUT2D eigenvalue weighted by molar-refractivity contribution is -0.258. The Morgan fingerprint density at radius 2 is 1.79 bits per heavy atom. The van der Waals surface area contributed by atoms with Crippen molar-refractivity contribution < 1.29 is 23.1 Å². The minimum absolute atomic E-state index is 0.186. The van der Waals surface area contributed by atoms with E-state index in [2.05, 4.69) is 5.32 Å². The highest BCUT2D eigenvalue weighted by atomic mass is 19.4. The molecule has 0 heterocycles. The number of halogens is 3. The molecule has 19 heavy (non-hydrogen) atoms. The van der Waals surface area contributed by atoms with Crippen molar-refractivity contribution in [1.29, 1.82) is 0 Å². The standard InChI is InChI=1S/C13H14F3NO2/c1-12(19,13(14,15)16)9-4-2-8(3-5-9)11(18)17-10-6-7-10/h2-5,10,19H,6-7H2,1H3,(H,17,18)/t12-/m0/s1. The topological polar surface area (TPSA) is 49.3 Å². The van der Waals surface area contributed by atoms with Gasteiger partial charge >= 0.3 is 6.18 Å². The van der Waals surface area contributed by atoms with Gasteiger partial charge in [-0.1, -0.05) is 12.1 Å². The number of benzene rings is 1. The molecule has 2 rings (SSSR count). The molecule has 0 aliphatic heterocycles. The van der Waals surface area contributed by atoms with Gasteiger partial charge < -0.3 is 10.4 Å². The van der Waals surface area contributed by atoms with Gasteiger partial charge in [-0.2, -0.15) is 13.2 Å². The van der Waals surface area contributed by atoms with Gasteiger partial charge in [0.25, 0.3) is 5.91 Å². The third-order valence-corrected chi connectivity index (χ3v) is 3.17. The van der Waals surface area contributed by atoms with E-state index in [4.69, 9.17) is 0 Å². The van der Waals surface area contributed by atoms with Gasteiger partial charge in [-0.25, -0.2) is 0 Å². The van der Waals surface area contributed by atoms with Crippen molar-refractivity contribution >= 4 is 5.91 Å². The fourth-order valence-electron chi connectivity index (χ4n) is 1.61. The maximum absolute atomic E-state index is 12.6. The van der Waals surface area contributed by atoms with Crippen LogP contribution in [0, 0.1) is 0 Å². The maximum atomic E-state index is 12.6. The van der Waals surface area contributed by atoms with E-state index in [0.29, 0.717) is 6.92 Å². The zero-order chi connectivity index (χ0) is 14.3. The molecule has 1 aliphatic rings. The van der Waals surface area contributed by atoms with E-state index in [9.17, 15) is 23.1 Å². The number of carbonyl (C=O) groups is 1. The van der Waals surface area contributed by atoms with Crippen LogP contribution in [0.3, 0.4) is 0 Å². The highest BCUT2D eigenvalue weighted by molar-refractivity contribution is 5.94. The van der Waals surface area contributed by atoms with Crippen molar-refractivity contribution in [3.05, 3.63) is 35.4 Å². The Morgan fingerprint density at radius 3 is 2.21 bits per heavy atom. The van der Waals surface area contributed by atoms with Crippen LogP contribution in [0.25, 0.3) is 0 Å². The first kappa shape index (κ1) is 13.9. The number of rotatable bonds is 3. The van der Waals surface area contributed by atoms with E-state index >= 15 is 0 Å². The van der Waals surface area contributed by atoms with Crippen molar-refractivity contribution in [1.82, 2.24) is 5.32 Å². The number of aliphatic hydroxyl groups is 1. The van der Waals surface area contributed by atoms with Crippen LogP contribution in [0.5, 0.6) is 0 Å². The molecule has 1 aromatic rings. The first-order valence-corrected chi connectivity index (χ1v) is 5.92. The summed E-state index contributed by atoms with van der Waals surface area (Å²) in [5, 5.41) is 12.2. The van der Waals surface area contributed by atoms with Crippen LogP contribution in [0.15, 0.2) is 24.3 Å². The van der Waals surface area contributed by atoms with Gasteiger partial charge in [0.2, 0.25) is 0 Å². The number of hydrogen-bond donors (Lipinski definition) is 2. The first-order valence-electron chi connectivity index (χ1n) is 5.92. The Morgan fingerprint density at radius 1 is 1.26 bits per heavy atom. The molecule has 1 fully saturated rings. The minimum atomic E-state index is -4.76. The molecule has 6 heteroatoms. The molecule has 1 atom stereocenters. The lowest BCUT2D eigenvalue weighted by Gasteiger charge is -2.26. The molecule has 0 unspecified atom stereocenters. The van der Waals surface area contributed by atoms with E-state index in [-0.39, 0.29) is 23.1 Å². The summed E-state index contributed by atoms with van der Waals surface area (Å²) in [7, 11) is 0. The summed E-state index contributed by atoms with van der Waals surface area (Å²) < 4.78 is 37.9. The third kappa shape index (κ3) is 2.89. The number of nitrogens with one attached hydrogen (secondary N) is 1. The molecule has 0 spiro atoms. The lowest BCUT2D eigenvalue weighted by atomic mass is 9.94. The molecule has 1 amide bonds. The normalized spacial score (nSPS) is 18.8. The van der Waals surface area contributed by atoms with Crippen molar-refractivity contribution in [2.45, 2.75) is 37.6 Å². The van der Waals surface area contributed by atoms with Crippen LogP contribution in [0.2, 0.25) is 0 Å². The van der Waals surface area contributed by atoms with Crippen LogP contribution in [-0.4, -0.2) is 23.2 Å². The Hall–Kier alpha value is -1.56. The quantitative estimate of drug-likeness (QED) is 0.888. The maximum Gasteiger partial charge on any atom is 0.421 e. The first-order chi connectivity index (χ1) is 8.72. The van der Waals surface area contributed by atoms with Gasteiger partial charge in [0.05, 0.1) is 0 Å². The van der Waals surface area contributed by atoms with Gasteiger partial charge in [0.15, 0.2) is 5.60 Å². The molecular weight excluding hydrogens is 259 g/mol. The van der Waals surface area contributed by atoms with E-state index in [0.717, 1.165) is 25.0 Å². The van der Waals surface area contributed by atoms with E-state index in [1.165, 1.54) is 12.1 Å². The summed E-state index contributed by atoms with van der Waals surface area (Å²) in [6.45, 7) is 0.687. The molecular formula is C13H14F3NO2. The lowest BCUT2D eigenvalue weighted by Crippen LogP contribution is -2.39. The second kappa shape index (κ2) is 4.52. The summed E-state index contributed by atoms with van der Waals surface area (Å²) in [5.41, 5.74) is -2.92. The van der Waals surface area contributed by atoms with Gasteiger partial charge in [-0.3, -0.25) is 4.79 Å². The smallest absolute Gasteiger partial charge is 0.376 e. The molecule has 2 N–H and O–H groups in total. The summed E-state index contributed by atoms with van der Waals surface area (Å²) in [4.78, 5) is 11.7. The van der Waals surface area contributed by atoms with Crippen molar-refractivity contribution in [3.63, 3.8) is 0 Å². The molecule has 0 radical (unpaired) electrons. The Labute approximate surface area is 108 Å². The van der Waals surface area contributed by atoms with E-state index in [1.807, 2.05) is 0 Å². The van der Waals surface area contributed by atoms with Gasteiger partial charge in [0, 0.05) is 11.6 Å². The molecule has 0 bridgehead atoms. The average molecular weight is 273 g/mol. The van der Waals surface area contributed by atoms with Crippen LogP contribution in [-0.2, 0) is 5.60 Å². The largest absolute Gasteiger partial charge is 0.421 e.